The molecule has 1 N–H and O–H groups in total. The first kappa shape index (κ1) is 11.9. The Morgan fingerprint density at radius 3 is 2.47 bits per heavy atom. The summed E-state index contributed by atoms with van der Waals surface area (Å²) < 4.78 is 1.19. The summed E-state index contributed by atoms with van der Waals surface area (Å²) in [6.07, 6.45) is 2.75. The largest absolute Gasteiger partial charge is 0.480 e. The lowest BCUT2D eigenvalue weighted by Gasteiger charge is -2.18. The fourth-order valence-electron chi connectivity index (χ4n) is 2.89. The summed E-state index contributed by atoms with van der Waals surface area (Å²) in [6.45, 7) is 3.52. The molecule has 2 amide bonds. The van der Waals surface area contributed by atoms with Crippen molar-refractivity contribution >= 4 is 23.5 Å². The van der Waals surface area contributed by atoms with Gasteiger partial charge in [-0.15, -0.1) is 0 Å². The molecule has 1 aromatic heterocycles. The van der Waals surface area contributed by atoms with E-state index in [0.717, 1.165) is 4.90 Å². The topological polar surface area (TPSA) is 92.5 Å². The van der Waals surface area contributed by atoms with Crippen LogP contribution in [-0.2, 0) is 20.9 Å². The van der Waals surface area contributed by atoms with E-state index in [4.69, 9.17) is 5.11 Å². The summed E-state index contributed by atoms with van der Waals surface area (Å²) in [5, 5.41) is 12.5. The van der Waals surface area contributed by atoms with Crippen LogP contribution in [0.1, 0.15) is 13.8 Å². The quantitative estimate of drug-likeness (QED) is 0.781. The number of amides is 2. The molecule has 0 aromatic carbocycles. The molecule has 2 heterocycles. The molecule has 1 saturated carbocycles. The number of aromatic nitrogens is 2. The Balaban J connectivity index is 1.85. The van der Waals surface area contributed by atoms with Crippen LogP contribution in [0.15, 0.2) is 12.4 Å². The Morgan fingerprint density at radius 2 is 1.95 bits per heavy atom. The molecule has 2 aliphatic rings. The number of piperidine rings is 1. The first-order valence-corrected chi connectivity index (χ1v) is 5.96. The number of rotatable bonds is 3. The van der Waals surface area contributed by atoms with Gasteiger partial charge in [0, 0.05) is 6.20 Å². The smallest absolute Gasteiger partial charge is 0.325 e. The van der Waals surface area contributed by atoms with E-state index in [0.29, 0.717) is 5.69 Å². The van der Waals surface area contributed by atoms with Crippen LogP contribution in [-0.4, -0.2) is 32.7 Å². The lowest BCUT2D eigenvalue weighted by atomic mass is 10.1. The molecule has 0 spiro atoms. The van der Waals surface area contributed by atoms with Crippen molar-refractivity contribution in [1.82, 2.24) is 9.78 Å². The van der Waals surface area contributed by atoms with Crippen LogP contribution in [0.2, 0.25) is 0 Å². The number of carbonyl (C=O) groups excluding carboxylic acids is 2. The summed E-state index contributed by atoms with van der Waals surface area (Å²) in [5.41, 5.74) is 0.0982. The van der Waals surface area contributed by atoms with Gasteiger partial charge in [-0.3, -0.25) is 19.1 Å². The number of hydrogen-bond acceptors (Lipinski definition) is 4. The number of imide groups is 1. The van der Waals surface area contributed by atoms with Gasteiger partial charge in [0.1, 0.15) is 6.54 Å². The van der Waals surface area contributed by atoms with Crippen molar-refractivity contribution < 1.29 is 19.5 Å². The normalized spacial score (nSPS) is 27.6. The summed E-state index contributed by atoms with van der Waals surface area (Å²) >= 11 is 0. The van der Waals surface area contributed by atoms with Crippen LogP contribution < -0.4 is 4.90 Å². The van der Waals surface area contributed by atoms with Crippen molar-refractivity contribution in [3.8, 4) is 0 Å². The molecular formula is C12H13N3O4. The maximum atomic E-state index is 12.2. The molecule has 1 aliphatic heterocycles. The highest BCUT2D eigenvalue weighted by Crippen LogP contribution is 2.63. The maximum absolute atomic E-state index is 12.2. The molecule has 0 radical (unpaired) electrons. The van der Waals surface area contributed by atoms with E-state index in [1.807, 2.05) is 13.8 Å². The molecule has 2 atom stereocenters. The molecule has 7 nitrogen and oxygen atoms in total. The van der Waals surface area contributed by atoms with Crippen molar-refractivity contribution in [2.45, 2.75) is 20.4 Å². The Morgan fingerprint density at radius 1 is 1.37 bits per heavy atom. The standard InChI is InChI=1S/C12H13N3O4/c1-12(2)8-9(12)11(19)15(10(8)18)6-3-13-14(4-6)5-7(16)17/h3-4,8-9H,5H2,1-2H3,(H,16,17). The van der Waals surface area contributed by atoms with Gasteiger partial charge in [0.25, 0.3) is 0 Å². The summed E-state index contributed by atoms with van der Waals surface area (Å²) in [5.74, 6) is -1.95. The minimum absolute atomic E-state index is 0.213. The monoisotopic (exact) mass is 263 g/mol. The zero-order valence-corrected chi connectivity index (χ0v) is 10.5. The molecule has 1 aliphatic carbocycles. The molecule has 100 valence electrons. The molecule has 19 heavy (non-hydrogen) atoms. The summed E-state index contributed by atoms with van der Waals surface area (Å²) in [7, 11) is 0. The molecule has 3 rings (SSSR count). The van der Waals surface area contributed by atoms with E-state index >= 15 is 0 Å². The van der Waals surface area contributed by atoms with Gasteiger partial charge < -0.3 is 5.11 Å². The van der Waals surface area contributed by atoms with E-state index in [2.05, 4.69) is 5.10 Å². The molecule has 7 heteroatoms. The lowest BCUT2D eigenvalue weighted by Crippen LogP contribution is -2.36. The van der Waals surface area contributed by atoms with Gasteiger partial charge in [-0.1, -0.05) is 13.8 Å². The van der Waals surface area contributed by atoms with Crippen molar-refractivity contribution in [1.29, 1.82) is 0 Å². The zero-order valence-electron chi connectivity index (χ0n) is 10.5. The van der Waals surface area contributed by atoms with Gasteiger partial charge in [-0.05, 0) is 5.41 Å². The molecule has 0 bridgehead atoms. The second kappa shape index (κ2) is 3.43. The number of carbonyl (C=O) groups is 3. The van der Waals surface area contributed by atoms with E-state index < -0.39 is 5.97 Å². The van der Waals surface area contributed by atoms with Crippen LogP contribution in [0.25, 0.3) is 0 Å². The van der Waals surface area contributed by atoms with Crippen LogP contribution in [0.3, 0.4) is 0 Å². The predicted molar refractivity (Wildman–Crippen MR) is 63.1 cm³/mol. The first-order valence-electron chi connectivity index (χ1n) is 5.96. The SMILES string of the molecule is CC1(C)C2C(=O)N(c3cnn(CC(=O)O)c3)C(=O)C21. The van der Waals surface area contributed by atoms with Crippen molar-refractivity contribution in [3.63, 3.8) is 0 Å². The van der Waals surface area contributed by atoms with E-state index in [1.54, 1.807) is 0 Å². The van der Waals surface area contributed by atoms with Gasteiger partial charge in [0.2, 0.25) is 11.8 Å². The van der Waals surface area contributed by atoms with Crippen LogP contribution in [0.4, 0.5) is 5.69 Å². The molecule has 2 fully saturated rings. The molecule has 1 saturated heterocycles. The second-order valence-corrected chi connectivity index (χ2v) is 5.58. The molecule has 1 aromatic rings. The van der Waals surface area contributed by atoms with Crippen LogP contribution in [0, 0.1) is 17.3 Å². The third kappa shape index (κ3) is 1.50. The Bertz CT molecular complexity index is 580. The Labute approximate surface area is 108 Å². The average Bonchev–Trinajstić information content (AvgIpc) is 2.59. The second-order valence-electron chi connectivity index (χ2n) is 5.58. The molecular weight excluding hydrogens is 250 g/mol. The third-order valence-corrected chi connectivity index (χ3v) is 3.98. The highest BCUT2D eigenvalue weighted by molar-refractivity contribution is 6.25. The first-order chi connectivity index (χ1) is 8.84. The van der Waals surface area contributed by atoms with E-state index in [-0.39, 0.29) is 35.6 Å². The van der Waals surface area contributed by atoms with Gasteiger partial charge in [-0.2, -0.15) is 5.10 Å². The number of carboxylic acids is 1. The van der Waals surface area contributed by atoms with Gasteiger partial charge >= 0.3 is 5.97 Å². The van der Waals surface area contributed by atoms with Crippen molar-refractivity contribution in [2.75, 3.05) is 4.90 Å². The molecule has 2 unspecified atom stereocenters. The van der Waals surface area contributed by atoms with E-state index in [9.17, 15) is 14.4 Å². The van der Waals surface area contributed by atoms with Crippen LogP contribution >= 0.6 is 0 Å². The Kier molecular flexibility index (Phi) is 2.15. The number of fused-ring (bicyclic) bond motifs is 1. The van der Waals surface area contributed by atoms with Gasteiger partial charge in [0.15, 0.2) is 0 Å². The highest BCUT2D eigenvalue weighted by Gasteiger charge is 2.72. The van der Waals surface area contributed by atoms with Crippen molar-refractivity contribution in [3.05, 3.63) is 12.4 Å². The highest BCUT2D eigenvalue weighted by atomic mass is 16.4. The minimum Gasteiger partial charge on any atom is -0.480 e. The zero-order chi connectivity index (χ0) is 13.9. The predicted octanol–water partition coefficient (Wildman–Crippen LogP) is 0.113. The van der Waals surface area contributed by atoms with Crippen molar-refractivity contribution in [2.24, 2.45) is 17.3 Å². The fraction of sp³-hybridized carbons (Fsp3) is 0.500. The third-order valence-electron chi connectivity index (χ3n) is 3.98. The summed E-state index contributed by atoms with van der Waals surface area (Å²) in [4.78, 5) is 36.0. The van der Waals surface area contributed by atoms with E-state index in [1.165, 1.54) is 17.1 Å². The lowest BCUT2D eigenvalue weighted by molar-refractivity contribution is -0.138. The number of aliphatic carboxylic acids is 1. The summed E-state index contributed by atoms with van der Waals surface area (Å²) in [6, 6.07) is 0. The Hall–Kier alpha value is -2.18. The number of carboxylic acid groups (broad SMARTS) is 1. The number of nitrogens with zero attached hydrogens (tertiary/aromatic N) is 3. The fourth-order valence-corrected chi connectivity index (χ4v) is 2.89. The number of anilines is 1. The number of hydrogen-bond donors (Lipinski definition) is 1. The minimum atomic E-state index is -1.03. The van der Waals surface area contributed by atoms with Gasteiger partial charge in [0.05, 0.1) is 23.7 Å². The van der Waals surface area contributed by atoms with Gasteiger partial charge in [-0.25, -0.2) is 4.90 Å². The maximum Gasteiger partial charge on any atom is 0.325 e. The van der Waals surface area contributed by atoms with Crippen LogP contribution in [0.5, 0.6) is 0 Å². The average molecular weight is 263 g/mol.